The Bertz CT molecular complexity index is 331. The average molecular weight is 195 g/mol. The maximum Gasteiger partial charge on any atom is 0.337 e. The summed E-state index contributed by atoms with van der Waals surface area (Å²) in [5, 5.41) is 9.68. The summed E-state index contributed by atoms with van der Waals surface area (Å²) >= 11 is 0. The van der Waals surface area contributed by atoms with Crippen LogP contribution in [0.1, 0.15) is 10.4 Å². The van der Waals surface area contributed by atoms with Gasteiger partial charge < -0.3 is 5.11 Å². The molecule has 0 unspecified atom stereocenters. The summed E-state index contributed by atoms with van der Waals surface area (Å²) < 4.78 is 0. The largest absolute Gasteiger partial charge is 0.478 e. The van der Waals surface area contributed by atoms with E-state index in [2.05, 4.69) is 24.6 Å². The molecule has 0 saturated carbocycles. The van der Waals surface area contributed by atoms with E-state index in [9.17, 15) is 4.79 Å². The molecular formula is C9H13NO2Si. The Kier molecular flexibility index (Phi) is 2.52. The van der Waals surface area contributed by atoms with Crippen molar-refractivity contribution >= 4 is 19.4 Å². The second-order valence-electron chi connectivity index (χ2n) is 3.95. The molecule has 70 valence electrons. The second-order valence-corrected chi connectivity index (χ2v) is 8.93. The number of rotatable bonds is 2. The molecule has 3 nitrogen and oxygen atoms in total. The van der Waals surface area contributed by atoms with E-state index in [1.807, 2.05) is 0 Å². The molecule has 0 amide bonds. The van der Waals surface area contributed by atoms with Crippen molar-refractivity contribution in [2.75, 3.05) is 0 Å². The number of carboxylic acid groups (broad SMARTS) is 1. The van der Waals surface area contributed by atoms with Crippen LogP contribution >= 0.6 is 0 Å². The molecule has 4 heteroatoms. The van der Waals surface area contributed by atoms with E-state index in [-0.39, 0.29) is 0 Å². The van der Waals surface area contributed by atoms with Gasteiger partial charge in [0.05, 0.1) is 5.56 Å². The van der Waals surface area contributed by atoms with Crippen molar-refractivity contribution in [3.05, 3.63) is 23.9 Å². The molecule has 13 heavy (non-hydrogen) atoms. The number of nitrogens with zero attached hydrogens (tertiary/aromatic N) is 1. The van der Waals surface area contributed by atoms with Crippen molar-refractivity contribution in [2.24, 2.45) is 0 Å². The Labute approximate surface area is 78.4 Å². The van der Waals surface area contributed by atoms with Gasteiger partial charge >= 0.3 is 5.97 Å². The fourth-order valence-corrected chi connectivity index (χ4v) is 2.64. The number of hydrogen-bond donors (Lipinski definition) is 1. The zero-order valence-corrected chi connectivity index (χ0v) is 9.03. The third-order valence-corrected chi connectivity index (χ3v) is 3.57. The van der Waals surface area contributed by atoms with Crippen LogP contribution in [0.5, 0.6) is 0 Å². The van der Waals surface area contributed by atoms with E-state index in [0.29, 0.717) is 5.56 Å². The predicted octanol–water partition coefficient (Wildman–Crippen LogP) is 1.33. The minimum Gasteiger partial charge on any atom is -0.478 e. The number of carboxylic acids is 1. The van der Waals surface area contributed by atoms with Crippen molar-refractivity contribution in [2.45, 2.75) is 19.6 Å². The first-order valence-electron chi connectivity index (χ1n) is 4.11. The molecule has 1 heterocycles. The van der Waals surface area contributed by atoms with Crippen LogP contribution in [0, 0.1) is 0 Å². The Hall–Kier alpha value is -1.16. The van der Waals surface area contributed by atoms with E-state index in [0.717, 1.165) is 5.32 Å². The number of aromatic carboxylic acids is 1. The molecule has 0 aliphatic carbocycles. The highest BCUT2D eigenvalue weighted by molar-refractivity contribution is 6.88. The number of pyridine rings is 1. The van der Waals surface area contributed by atoms with Crippen molar-refractivity contribution < 1.29 is 9.90 Å². The lowest BCUT2D eigenvalue weighted by Crippen LogP contribution is -2.43. The lowest BCUT2D eigenvalue weighted by molar-refractivity contribution is 0.0698. The summed E-state index contributed by atoms with van der Waals surface area (Å²) in [4.78, 5) is 15.0. The topological polar surface area (TPSA) is 50.2 Å². The van der Waals surface area contributed by atoms with Crippen LogP contribution in [0.4, 0.5) is 0 Å². The third-order valence-electron chi connectivity index (χ3n) is 1.75. The fraction of sp³-hybridized carbons (Fsp3) is 0.333. The minimum atomic E-state index is -1.63. The van der Waals surface area contributed by atoms with Crippen molar-refractivity contribution in [1.29, 1.82) is 0 Å². The smallest absolute Gasteiger partial charge is 0.337 e. The van der Waals surface area contributed by atoms with Gasteiger partial charge in [-0.15, -0.1) is 0 Å². The maximum absolute atomic E-state index is 10.9. The fourth-order valence-electron chi connectivity index (χ4n) is 1.18. The molecule has 1 aromatic heterocycles. The summed E-state index contributed by atoms with van der Waals surface area (Å²) in [5.74, 6) is -0.884. The average Bonchev–Trinajstić information content (AvgIpc) is 2.03. The molecule has 0 radical (unpaired) electrons. The SMILES string of the molecule is C[Si](C)(C)c1ncccc1C(=O)O. The van der Waals surface area contributed by atoms with Gasteiger partial charge in [-0.2, -0.15) is 0 Å². The lowest BCUT2D eigenvalue weighted by atomic mass is 10.3. The summed E-state index contributed by atoms with van der Waals surface area (Å²) in [6.45, 7) is 6.26. The van der Waals surface area contributed by atoms with E-state index in [1.54, 1.807) is 18.3 Å². The van der Waals surface area contributed by atoms with Crippen LogP contribution in [0.15, 0.2) is 18.3 Å². The van der Waals surface area contributed by atoms with Crippen LogP contribution < -0.4 is 5.32 Å². The molecule has 1 N–H and O–H groups in total. The van der Waals surface area contributed by atoms with Crippen LogP contribution in [0.25, 0.3) is 0 Å². The Morgan fingerprint density at radius 3 is 2.46 bits per heavy atom. The van der Waals surface area contributed by atoms with Gasteiger partial charge in [-0.05, 0) is 12.1 Å². The van der Waals surface area contributed by atoms with Gasteiger partial charge in [-0.1, -0.05) is 19.6 Å². The highest BCUT2D eigenvalue weighted by atomic mass is 28.3. The quantitative estimate of drug-likeness (QED) is 0.724. The normalized spacial score (nSPS) is 11.3. The Balaban J connectivity index is 3.28. The number of carbonyl (C=O) groups is 1. The van der Waals surface area contributed by atoms with Gasteiger partial charge in [0.25, 0.3) is 0 Å². The zero-order chi connectivity index (χ0) is 10.1. The first kappa shape index (κ1) is 9.92. The van der Waals surface area contributed by atoms with Gasteiger partial charge in [0, 0.05) is 11.5 Å². The molecule has 0 bridgehead atoms. The summed E-state index contributed by atoms with van der Waals surface area (Å²) in [6, 6.07) is 3.27. The molecule has 0 fully saturated rings. The molecule has 0 saturated heterocycles. The first-order chi connectivity index (χ1) is 5.93. The Morgan fingerprint density at radius 1 is 1.46 bits per heavy atom. The van der Waals surface area contributed by atoms with Gasteiger partial charge in [0.1, 0.15) is 8.07 Å². The second kappa shape index (κ2) is 3.30. The maximum atomic E-state index is 10.9. The van der Waals surface area contributed by atoms with E-state index < -0.39 is 14.0 Å². The standard InChI is InChI=1S/C9H13NO2Si/c1-13(2,3)8-7(9(11)12)5-4-6-10-8/h4-6H,1-3H3,(H,11,12). The van der Waals surface area contributed by atoms with E-state index in [4.69, 9.17) is 5.11 Å². The Morgan fingerprint density at radius 2 is 2.08 bits per heavy atom. The summed E-state index contributed by atoms with van der Waals surface area (Å²) in [5.41, 5.74) is 0.349. The van der Waals surface area contributed by atoms with E-state index >= 15 is 0 Å². The monoisotopic (exact) mass is 195 g/mol. The van der Waals surface area contributed by atoms with Crippen molar-refractivity contribution in [1.82, 2.24) is 4.98 Å². The molecule has 0 atom stereocenters. The zero-order valence-electron chi connectivity index (χ0n) is 8.03. The highest BCUT2D eigenvalue weighted by Crippen LogP contribution is 2.04. The van der Waals surface area contributed by atoms with Gasteiger partial charge in [0.2, 0.25) is 0 Å². The molecular weight excluding hydrogens is 182 g/mol. The van der Waals surface area contributed by atoms with Gasteiger partial charge in [0.15, 0.2) is 0 Å². The van der Waals surface area contributed by atoms with Crippen molar-refractivity contribution in [3.63, 3.8) is 0 Å². The molecule has 0 spiro atoms. The molecule has 0 aliphatic rings. The lowest BCUT2D eigenvalue weighted by Gasteiger charge is -2.16. The molecule has 1 rings (SSSR count). The minimum absolute atomic E-state index is 0.349. The van der Waals surface area contributed by atoms with Crippen LogP contribution in [0.2, 0.25) is 19.6 Å². The first-order valence-corrected chi connectivity index (χ1v) is 7.61. The number of aromatic nitrogens is 1. The molecule has 0 aromatic carbocycles. The van der Waals surface area contributed by atoms with E-state index in [1.165, 1.54) is 0 Å². The van der Waals surface area contributed by atoms with Gasteiger partial charge in [-0.25, -0.2) is 4.79 Å². The molecule has 0 aliphatic heterocycles. The molecule has 1 aromatic rings. The summed E-state index contributed by atoms with van der Waals surface area (Å²) in [6.07, 6.45) is 1.65. The highest BCUT2D eigenvalue weighted by Gasteiger charge is 2.24. The predicted molar refractivity (Wildman–Crippen MR) is 54.2 cm³/mol. The van der Waals surface area contributed by atoms with Crippen LogP contribution in [-0.4, -0.2) is 24.1 Å². The van der Waals surface area contributed by atoms with Gasteiger partial charge in [-0.3, -0.25) is 4.98 Å². The van der Waals surface area contributed by atoms with Crippen LogP contribution in [-0.2, 0) is 0 Å². The number of hydrogen-bond acceptors (Lipinski definition) is 2. The van der Waals surface area contributed by atoms with Crippen LogP contribution in [0.3, 0.4) is 0 Å². The third kappa shape index (κ3) is 2.15. The van der Waals surface area contributed by atoms with Crippen molar-refractivity contribution in [3.8, 4) is 0 Å². The summed E-state index contributed by atoms with van der Waals surface area (Å²) in [7, 11) is -1.63.